The van der Waals surface area contributed by atoms with Crippen molar-refractivity contribution in [3.8, 4) is 17.1 Å². The quantitative estimate of drug-likeness (QED) is 0.553. The van der Waals surface area contributed by atoms with E-state index in [0.717, 1.165) is 11.1 Å². The number of carbonyl (C=O) groups is 2. The lowest BCUT2D eigenvalue weighted by atomic mass is 10.2. The van der Waals surface area contributed by atoms with Crippen molar-refractivity contribution < 1.29 is 19.1 Å². The molecule has 4 N–H and O–H groups in total. The van der Waals surface area contributed by atoms with Crippen molar-refractivity contribution in [2.75, 3.05) is 13.2 Å². The van der Waals surface area contributed by atoms with Gasteiger partial charge >= 0.3 is 6.09 Å². The summed E-state index contributed by atoms with van der Waals surface area (Å²) < 4.78 is 10.9. The minimum Gasteiger partial charge on any atom is -0.492 e. The molecule has 0 atom stereocenters. The minimum atomic E-state index is -0.541. The molecule has 2 amide bonds. The van der Waals surface area contributed by atoms with Crippen molar-refractivity contribution in [2.24, 2.45) is 5.73 Å². The highest BCUT2D eigenvalue weighted by Crippen LogP contribution is 2.25. The van der Waals surface area contributed by atoms with Gasteiger partial charge in [0.25, 0.3) is 5.91 Å². The smallest absolute Gasteiger partial charge is 0.407 e. The van der Waals surface area contributed by atoms with E-state index in [1.807, 2.05) is 30.3 Å². The van der Waals surface area contributed by atoms with E-state index in [2.05, 4.69) is 15.3 Å². The van der Waals surface area contributed by atoms with Gasteiger partial charge in [-0.1, -0.05) is 18.2 Å². The van der Waals surface area contributed by atoms with Crippen LogP contribution >= 0.6 is 0 Å². The first-order chi connectivity index (χ1) is 13.7. The maximum absolute atomic E-state index is 11.6. The number of nitrogens with zero attached hydrogens (tertiary/aromatic N) is 1. The molecule has 0 fully saturated rings. The van der Waals surface area contributed by atoms with Crippen LogP contribution in [0.2, 0.25) is 0 Å². The van der Waals surface area contributed by atoms with Crippen LogP contribution in [-0.4, -0.2) is 40.7 Å². The molecule has 0 saturated heterocycles. The molecule has 0 radical (unpaired) electrons. The van der Waals surface area contributed by atoms with Crippen LogP contribution in [0.25, 0.3) is 22.4 Å². The lowest BCUT2D eigenvalue weighted by Gasteiger charge is -2.19. The summed E-state index contributed by atoms with van der Waals surface area (Å²) >= 11 is 0. The normalized spacial score (nSPS) is 11.3. The van der Waals surface area contributed by atoms with Crippen LogP contribution in [0.3, 0.4) is 0 Å². The van der Waals surface area contributed by atoms with Gasteiger partial charge in [0, 0.05) is 5.56 Å². The van der Waals surface area contributed by atoms with E-state index >= 15 is 0 Å². The van der Waals surface area contributed by atoms with Crippen LogP contribution in [0.1, 0.15) is 31.1 Å². The van der Waals surface area contributed by atoms with Gasteiger partial charge in [0.2, 0.25) is 0 Å². The predicted octanol–water partition coefficient (Wildman–Crippen LogP) is 3.23. The number of nitrogens with one attached hydrogen (secondary N) is 2. The van der Waals surface area contributed by atoms with E-state index in [-0.39, 0.29) is 6.61 Å². The van der Waals surface area contributed by atoms with E-state index in [4.69, 9.17) is 15.2 Å². The Morgan fingerprint density at radius 2 is 1.93 bits per heavy atom. The zero-order valence-corrected chi connectivity index (χ0v) is 16.6. The largest absolute Gasteiger partial charge is 0.492 e. The fourth-order valence-electron chi connectivity index (χ4n) is 2.74. The number of fused-ring (bicyclic) bond motifs is 1. The maximum Gasteiger partial charge on any atom is 0.407 e. The van der Waals surface area contributed by atoms with Gasteiger partial charge in [-0.05, 0) is 45.0 Å². The molecule has 0 aliphatic rings. The fourth-order valence-corrected chi connectivity index (χ4v) is 2.74. The standard InChI is InChI=1S/C21H24N4O4/c1-21(2,3)29-20(27)23-10-11-28-14-7-4-6-13(12-14)19-24-16-9-5-8-15(18(22)26)17(16)25-19/h4-9,12H,10-11H2,1-3H3,(H2,22,26)(H,23,27)(H,24,25). The molecule has 3 rings (SSSR count). The topological polar surface area (TPSA) is 119 Å². The number of aromatic amines is 1. The number of H-pyrrole nitrogens is 1. The summed E-state index contributed by atoms with van der Waals surface area (Å²) in [6, 6.07) is 12.6. The van der Waals surface area contributed by atoms with Crippen molar-refractivity contribution in [2.45, 2.75) is 26.4 Å². The SMILES string of the molecule is CC(C)(C)OC(=O)NCCOc1cccc(-c2nc3c(C(N)=O)cccc3[nH]2)c1. The van der Waals surface area contributed by atoms with Crippen LogP contribution in [0.15, 0.2) is 42.5 Å². The highest BCUT2D eigenvalue weighted by molar-refractivity contribution is 6.04. The first-order valence-corrected chi connectivity index (χ1v) is 9.21. The van der Waals surface area contributed by atoms with E-state index in [0.29, 0.717) is 29.2 Å². The Labute approximate surface area is 168 Å². The number of carbonyl (C=O) groups excluding carboxylic acids is 2. The van der Waals surface area contributed by atoms with Crippen LogP contribution in [0.5, 0.6) is 5.75 Å². The Bertz CT molecular complexity index is 1040. The molecule has 0 aliphatic carbocycles. The second-order valence-electron chi connectivity index (χ2n) is 7.46. The second kappa shape index (κ2) is 8.22. The Kier molecular flexibility index (Phi) is 5.72. The average molecular weight is 396 g/mol. The first-order valence-electron chi connectivity index (χ1n) is 9.21. The Morgan fingerprint density at radius 3 is 2.66 bits per heavy atom. The van der Waals surface area contributed by atoms with Crippen molar-refractivity contribution in [3.05, 3.63) is 48.0 Å². The summed E-state index contributed by atoms with van der Waals surface area (Å²) in [5.41, 5.74) is 7.30. The molecule has 1 heterocycles. The number of hydrogen-bond acceptors (Lipinski definition) is 5. The minimum absolute atomic E-state index is 0.286. The number of ether oxygens (including phenoxy) is 2. The van der Waals surface area contributed by atoms with Gasteiger partial charge in [0.15, 0.2) is 0 Å². The molecule has 2 aromatic carbocycles. The summed E-state index contributed by atoms with van der Waals surface area (Å²) in [4.78, 5) is 30.9. The molecule has 3 aromatic rings. The van der Waals surface area contributed by atoms with Gasteiger partial charge < -0.3 is 25.5 Å². The molecule has 0 aliphatic heterocycles. The number of para-hydroxylation sites is 1. The zero-order chi connectivity index (χ0) is 21.0. The number of rotatable bonds is 6. The monoisotopic (exact) mass is 396 g/mol. The van der Waals surface area contributed by atoms with Crippen LogP contribution < -0.4 is 15.8 Å². The number of hydrogen-bond donors (Lipinski definition) is 3. The van der Waals surface area contributed by atoms with Crippen LogP contribution in [0.4, 0.5) is 4.79 Å². The van der Waals surface area contributed by atoms with Crippen LogP contribution in [-0.2, 0) is 4.74 Å². The molecule has 0 saturated carbocycles. The maximum atomic E-state index is 11.6. The molecule has 8 heteroatoms. The van der Waals surface area contributed by atoms with Gasteiger partial charge in [-0.3, -0.25) is 4.79 Å². The van der Waals surface area contributed by atoms with Crippen LogP contribution in [0, 0.1) is 0 Å². The molecule has 0 unspecified atom stereocenters. The Hall–Kier alpha value is -3.55. The van der Waals surface area contributed by atoms with E-state index in [1.165, 1.54) is 0 Å². The lowest BCUT2D eigenvalue weighted by molar-refractivity contribution is 0.0520. The molecule has 29 heavy (non-hydrogen) atoms. The summed E-state index contributed by atoms with van der Waals surface area (Å²) in [6.07, 6.45) is -0.484. The number of primary amides is 1. The summed E-state index contributed by atoms with van der Waals surface area (Å²) in [7, 11) is 0. The van der Waals surface area contributed by atoms with Crippen molar-refractivity contribution in [1.82, 2.24) is 15.3 Å². The third-order valence-electron chi connectivity index (χ3n) is 3.92. The molecule has 0 spiro atoms. The van der Waals surface area contributed by atoms with Gasteiger partial charge in [0.05, 0.1) is 17.6 Å². The summed E-state index contributed by atoms with van der Waals surface area (Å²) in [5, 5.41) is 2.64. The van der Waals surface area contributed by atoms with E-state index in [1.54, 1.807) is 32.9 Å². The van der Waals surface area contributed by atoms with Crippen molar-refractivity contribution >= 4 is 23.0 Å². The van der Waals surface area contributed by atoms with Crippen molar-refractivity contribution in [3.63, 3.8) is 0 Å². The number of alkyl carbamates (subject to hydrolysis) is 1. The molecule has 1 aromatic heterocycles. The molecular weight excluding hydrogens is 372 g/mol. The third-order valence-corrected chi connectivity index (χ3v) is 3.92. The van der Waals surface area contributed by atoms with E-state index in [9.17, 15) is 9.59 Å². The van der Waals surface area contributed by atoms with Gasteiger partial charge in [-0.2, -0.15) is 0 Å². The van der Waals surface area contributed by atoms with Crippen molar-refractivity contribution in [1.29, 1.82) is 0 Å². The van der Waals surface area contributed by atoms with E-state index < -0.39 is 17.6 Å². The highest BCUT2D eigenvalue weighted by Gasteiger charge is 2.15. The number of benzene rings is 2. The lowest BCUT2D eigenvalue weighted by Crippen LogP contribution is -2.34. The second-order valence-corrected chi connectivity index (χ2v) is 7.46. The third kappa shape index (κ3) is 5.25. The predicted molar refractivity (Wildman–Crippen MR) is 110 cm³/mol. The number of aromatic nitrogens is 2. The number of imidazole rings is 1. The van der Waals surface area contributed by atoms with Gasteiger partial charge in [0.1, 0.15) is 29.3 Å². The number of nitrogens with two attached hydrogens (primary N) is 1. The molecule has 0 bridgehead atoms. The molecule has 8 nitrogen and oxygen atoms in total. The summed E-state index contributed by atoms with van der Waals surface area (Å²) in [5.74, 6) is 0.707. The molecule has 152 valence electrons. The zero-order valence-electron chi connectivity index (χ0n) is 16.6. The number of amides is 2. The van der Waals surface area contributed by atoms with Gasteiger partial charge in [-0.25, -0.2) is 9.78 Å². The fraction of sp³-hybridized carbons (Fsp3) is 0.286. The summed E-state index contributed by atoms with van der Waals surface area (Å²) in [6.45, 7) is 6.01. The molecular formula is C21H24N4O4. The highest BCUT2D eigenvalue weighted by atomic mass is 16.6. The van der Waals surface area contributed by atoms with Gasteiger partial charge in [-0.15, -0.1) is 0 Å². The average Bonchev–Trinajstić information content (AvgIpc) is 3.08. The Balaban J connectivity index is 1.66. The Morgan fingerprint density at radius 1 is 1.17 bits per heavy atom. The first kappa shape index (κ1) is 20.2.